The van der Waals surface area contributed by atoms with Crippen molar-refractivity contribution in [3.8, 4) is 0 Å². The van der Waals surface area contributed by atoms with Crippen LogP contribution in [0, 0.1) is 0 Å². The Morgan fingerprint density at radius 3 is 2.89 bits per heavy atom. The van der Waals surface area contributed by atoms with Crippen LogP contribution >= 0.6 is 0 Å². The minimum Gasteiger partial charge on any atom is -0.379 e. The molecule has 0 saturated carbocycles. The van der Waals surface area contributed by atoms with Gasteiger partial charge in [0.15, 0.2) is 0 Å². The molecule has 1 aliphatic rings. The molecular weight excluding hydrogens is 224 g/mol. The van der Waals surface area contributed by atoms with Gasteiger partial charge in [-0.3, -0.25) is 4.68 Å². The first-order valence-corrected chi connectivity index (χ1v) is 7.24. The van der Waals surface area contributed by atoms with Gasteiger partial charge < -0.3 is 10.2 Å². The average molecular weight is 250 g/mol. The van der Waals surface area contributed by atoms with Crippen LogP contribution in [0.2, 0.25) is 0 Å². The van der Waals surface area contributed by atoms with Gasteiger partial charge in [0.2, 0.25) is 0 Å². The van der Waals surface area contributed by atoms with E-state index in [4.69, 9.17) is 0 Å². The van der Waals surface area contributed by atoms with Crippen LogP contribution in [0.3, 0.4) is 0 Å². The standard InChI is InChI=1S/C14H26N4/c1-4-13-14(11-17(3)16-13)15-12-7-6-9-18(5-2)10-8-12/h11-12,15H,4-10H2,1-3H3. The van der Waals surface area contributed by atoms with Gasteiger partial charge in [0, 0.05) is 25.8 Å². The smallest absolute Gasteiger partial charge is 0.0853 e. The van der Waals surface area contributed by atoms with Gasteiger partial charge in [-0.1, -0.05) is 13.8 Å². The summed E-state index contributed by atoms with van der Waals surface area (Å²) >= 11 is 0. The Balaban J connectivity index is 1.96. The molecule has 2 rings (SSSR count). The highest BCUT2D eigenvalue weighted by Gasteiger charge is 2.17. The molecule has 0 aliphatic carbocycles. The van der Waals surface area contributed by atoms with E-state index in [0.717, 1.165) is 6.42 Å². The number of rotatable bonds is 4. The quantitative estimate of drug-likeness (QED) is 0.890. The van der Waals surface area contributed by atoms with E-state index < -0.39 is 0 Å². The molecule has 1 N–H and O–H groups in total. The molecule has 1 unspecified atom stereocenters. The summed E-state index contributed by atoms with van der Waals surface area (Å²) in [5.74, 6) is 0. The van der Waals surface area contributed by atoms with E-state index in [0.29, 0.717) is 6.04 Å². The molecule has 0 spiro atoms. The van der Waals surface area contributed by atoms with Gasteiger partial charge in [0.05, 0.1) is 11.4 Å². The second-order valence-corrected chi connectivity index (χ2v) is 5.22. The zero-order valence-corrected chi connectivity index (χ0v) is 11.9. The molecule has 1 aromatic rings. The molecule has 1 aliphatic heterocycles. The highest BCUT2D eigenvalue weighted by molar-refractivity contribution is 5.47. The molecule has 0 bridgehead atoms. The lowest BCUT2D eigenvalue weighted by molar-refractivity contribution is 0.300. The molecule has 102 valence electrons. The van der Waals surface area contributed by atoms with E-state index in [2.05, 4.69) is 35.4 Å². The number of hydrogen-bond donors (Lipinski definition) is 1. The highest BCUT2D eigenvalue weighted by atomic mass is 15.3. The molecule has 0 radical (unpaired) electrons. The van der Waals surface area contributed by atoms with Crippen LogP contribution in [-0.2, 0) is 13.5 Å². The Hall–Kier alpha value is -1.03. The van der Waals surface area contributed by atoms with Gasteiger partial charge in [-0.2, -0.15) is 5.10 Å². The fraction of sp³-hybridized carbons (Fsp3) is 0.786. The number of hydrogen-bond acceptors (Lipinski definition) is 3. The first kappa shape index (κ1) is 13.4. The number of nitrogens with one attached hydrogen (secondary N) is 1. The van der Waals surface area contributed by atoms with E-state index in [1.165, 1.54) is 50.3 Å². The van der Waals surface area contributed by atoms with Crippen LogP contribution in [-0.4, -0.2) is 40.4 Å². The van der Waals surface area contributed by atoms with Gasteiger partial charge in [0.1, 0.15) is 0 Å². The summed E-state index contributed by atoms with van der Waals surface area (Å²) in [7, 11) is 2.00. The largest absolute Gasteiger partial charge is 0.379 e. The first-order valence-electron chi connectivity index (χ1n) is 7.24. The van der Waals surface area contributed by atoms with Crippen molar-refractivity contribution in [2.24, 2.45) is 7.05 Å². The van der Waals surface area contributed by atoms with Crippen molar-refractivity contribution in [2.45, 2.75) is 45.6 Å². The first-order chi connectivity index (χ1) is 8.72. The molecule has 18 heavy (non-hydrogen) atoms. The zero-order valence-electron chi connectivity index (χ0n) is 11.9. The molecule has 0 aromatic carbocycles. The van der Waals surface area contributed by atoms with Crippen LogP contribution in [0.5, 0.6) is 0 Å². The Morgan fingerprint density at radius 1 is 1.33 bits per heavy atom. The summed E-state index contributed by atoms with van der Waals surface area (Å²) in [6.45, 7) is 8.07. The molecule has 0 amide bonds. The average Bonchev–Trinajstić information content (AvgIpc) is 2.59. The summed E-state index contributed by atoms with van der Waals surface area (Å²) < 4.78 is 1.91. The second kappa shape index (κ2) is 6.23. The van der Waals surface area contributed by atoms with Crippen LogP contribution in [0.15, 0.2) is 6.20 Å². The van der Waals surface area contributed by atoms with Crippen molar-refractivity contribution in [1.29, 1.82) is 0 Å². The molecule has 1 atom stereocenters. The lowest BCUT2D eigenvalue weighted by atomic mass is 10.1. The monoisotopic (exact) mass is 250 g/mol. The van der Waals surface area contributed by atoms with Gasteiger partial charge in [-0.25, -0.2) is 0 Å². The molecule has 4 heteroatoms. The maximum Gasteiger partial charge on any atom is 0.0853 e. The van der Waals surface area contributed by atoms with Gasteiger partial charge in [-0.15, -0.1) is 0 Å². The summed E-state index contributed by atoms with van der Waals surface area (Å²) in [6, 6.07) is 0.607. The minimum atomic E-state index is 0.607. The van der Waals surface area contributed by atoms with Crippen molar-refractivity contribution < 1.29 is 0 Å². The number of aryl methyl sites for hydroxylation is 2. The van der Waals surface area contributed by atoms with E-state index in [1.54, 1.807) is 0 Å². The van der Waals surface area contributed by atoms with E-state index >= 15 is 0 Å². The lowest BCUT2D eigenvalue weighted by Gasteiger charge is -2.19. The summed E-state index contributed by atoms with van der Waals surface area (Å²) in [6.07, 6.45) is 6.92. The van der Waals surface area contributed by atoms with E-state index in [9.17, 15) is 0 Å². The Morgan fingerprint density at radius 2 is 2.17 bits per heavy atom. The molecule has 1 aromatic heterocycles. The van der Waals surface area contributed by atoms with E-state index in [-0.39, 0.29) is 0 Å². The van der Waals surface area contributed by atoms with Crippen LogP contribution < -0.4 is 5.32 Å². The predicted molar refractivity (Wildman–Crippen MR) is 76.0 cm³/mol. The van der Waals surface area contributed by atoms with Crippen LogP contribution in [0.1, 0.15) is 38.8 Å². The fourth-order valence-electron chi connectivity index (χ4n) is 2.75. The van der Waals surface area contributed by atoms with Crippen molar-refractivity contribution in [3.63, 3.8) is 0 Å². The maximum absolute atomic E-state index is 4.49. The van der Waals surface area contributed by atoms with Gasteiger partial charge in [-0.05, 0) is 38.8 Å². The number of nitrogens with zero attached hydrogens (tertiary/aromatic N) is 3. The van der Waals surface area contributed by atoms with Crippen molar-refractivity contribution in [1.82, 2.24) is 14.7 Å². The number of anilines is 1. The maximum atomic E-state index is 4.49. The molecule has 1 saturated heterocycles. The predicted octanol–water partition coefficient (Wildman–Crippen LogP) is 2.27. The number of likely N-dealkylation sites (tertiary alicyclic amines) is 1. The molecule has 1 fully saturated rings. The van der Waals surface area contributed by atoms with Crippen LogP contribution in [0.25, 0.3) is 0 Å². The van der Waals surface area contributed by atoms with Gasteiger partial charge in [0.25, 0.3) is 0 Å². The third-order valence-electron chi connectivity index (χ3n) is 3.87. The Kier molecular flexibility index (Phi) is 4.64. The van der Waals surface area contributed by atoms with Crippen LogP contribution in [0.4, 0.5) is 5.69 Å². The summed E-state index contributed by atoms with van der Waals surface area (Å²) in [4.78, 5) is 2.55. The minimum absolute atomic E-state index is 0.607. The molecular formula is C14H26N4. The lowest BCUT2D eigenvalue weighted by Crippen LogP contribution is -2.26. The second-order valence-electron chi connectivity index (χ2n) is 5.22. The van der Waals surface area contributed by atoms with Crippen molar-refractivity contribution in [2.75, 3.05) is 25.0 Å². The number of aromatic nitrogens is 2. The normalized spacial score (nSPS) is 21.8. The topological polar surface area (TPSA) is 33.1 Å². The molecule has 2 heterocycles. The zero-order chi connectivity index (χ0) is 13.0. The fourth-order valence-corrected chi connectivity index (χ4v) is 2.75. The van der Waals surface area contributed by atoms with Crippen molar-refractivity contribution >= 4 is 5.69 Å². The Bertz CT molecular complexity index is 372. The van der Waals surface area contributed by atoms with Crippen molar-refractivity contribution in [3.05, 3.63) is 11.9 Å². The Labute approximate surface area is 110 Å². The third kappa shape index (κ3) is 3.25. The summed E-state index contributed by atoms with van der Waals surface area (Å²) in [5.41, 5.74) is 2.42. The SMILES string of the molecule is CCc1nn(C)cc1NC1CCCN(CC)CC1. The third-order valence-corrected chi connectivity index (χ3v) is 3.87. The van der Waals surface area contributed by atoms with Gasteiger partial charge >= 0.3 is 0 Å². The van der Waals surface area contributed by atoms with E-state index in [1.807, 2.05) is 11.7 Å². The summed E-state index contributed by atoms with van der Waals surface area (Å²) in [5, 5.41) is 8.19. The molecule has 4 nitrogen and oxygen atoms in total. The highest BCUT2D eigenvalue weighted by Crippen LogP contribution is 2.19.